The van der Waals surface area contributed by atoms with Crippen LogP contribution >= 0.6 is 12.2 Å². The van der Waals surface area contributed by atoms with Crippen LogP contribution in [0.5, 0.6) is 5.75 Å². The first-order chi connectivity index (χ1) is 8.65. The number of rotatable bonds is 7. The van der Waals surface area contributed by atoms with E-state index in [1.807, 2.05) is 19.1 Å². The number of nitrogens with one attached hydrogen (secondary N) is 1. The third-order valence-electron chi connectivity index (χ3n) is 2.32. The number of carbonyl (C=O) groups is 1. The molecule has 0 atom stereocenters. The highest BCUT2D eigenvalue weighted by Crippen LogP contribution is 2.17. The first-order valence-electron chi connectivity index (χ1n) is 5.93. The molecule has 4 nitrogen and oxygen atoms in total. The van der Waals surface area contributed by atoms with Crippen LogP contribution in [-0.4, -0.2) is 24.0 Å². The van der Waals surface area contributed by atoms with E-state index in [1.165, 1.54) is 0 Å². The fraction of sp³-hybridized carbons (Fsp3) is 0.385. The molecule has 0 saturated heterocycles. The third kappa shape index (κ3) is 4.71. The van der Waals surface area contributed by atoms with E-state index in [0.717, 1.165) is 6.42 Å². The number of para-hydroxylation sites is 1. The lowest BCUT2D eigenvalue weighted by molar-refractivity contribution is 0.0949. The first-order valence-corrected chi connectivity index (χ1v) is 6.34. The molecule has 5 heteroatoms. The van der Waals surface area contributed by atoms with Gasteiger partial charge in [0, 0.05) is 6.54 Å². The van der Waals surface area contributed by atoms with Crippen LogP contribution in [0.15, 0.2) is 24.3 Å². The number of nitrogens with two attached hydrogens (primary N) is 1. The van der Waals surface area contributed by atoms with Gasteiger partial charge in [-0.25, -0.2) is 0 Å². The monoisotopic (exact) mass is 266 g/mol. The van der Waals surface area contributed by atoms with Crippen LogP contribution in [-0.2, 0) is 0 Å². The van der Waals surface area contributed by atoms with Gasteiger partial charge in [0.25, 0.3) is 5.91 Å². The summed E-state index contributed by atoms with van der Waals surface area (Å²) < 4.78 is 5.40. The SMILES string of the molecule is CCOc1ccccc1C(=O)NCCCC(N)=S. The average molecular weight is 266 g/mol. The average Bonchev–Trinajstić information content (AvgIpc) is 2.35. The second kappa shape index (κ2) is 7.66. The van der Waals surface area contributed by atoms with E-state index in [0.29, 0.717) is 35.9 Å². The lowest BCUT2D eigenvalue weighted by Crippen LogP contribution is -2.25. The lowest BCUT2D eigenvalue weighted by Gasteiger charge is -2.10. The molecule has 0 saturated carbocycles. The number of hydrogen-bond acceptors (Lipinski definition) is 3. The molecule has 18 heavy (non-hydrogen) atoms. The predicted octanol–water partition coefficient (Wildman–Crippen LogP) is 1.88. The Morgan fingerprint density at radius 2 is 2.17 bits per heavy atom. The van der Waals surface area contributed by atoms with E-state index in [9.17, 15) is 4.79 Å². The quantitative estimate of drug-likeness (QED) is 0.584. The molecule has 0 aliphatic carbocycles. The summed E-state index contributed by atoms with van der Waals surface area (Å²) in [6.07, 6.45) is 1.39. The number of amides is 1. The molecular formula is C13H18N2O2S. The maximum Gasteiger partial charge on any atom is 0.255 e. The highest BCUT2D eigenvalue weighted by Gasteiger charge is 2.10. The minimum absolute atomic E-state index is 0.137. The van der Waals surface area contributed by atoms with Gasteiger partial charge >= 0.3 is 0 Å². The molecule has 0 unspecified atom stereocenters. The van der Waals surface area contributed by atoms with Gasteiger partial charge in [0.15, 0.2) is 0 Å². The Kier molecular flexibility index (Phi) is 6.14. The Morgan fingerprint density at radius 3 is 2.83 bits per heavy atom. The van der Waals surface area contributed by atoms with E-state index < -0.39 is 0 Å². The molecule has 0 aliphatic rings. The van der Waals surface area contributed by atoms with E-state index in [1.54, 1.807) is 12.1 Å². The Hall–Kier alpha value is -1.62. The van der Waals surface area contributed by atoms with Gasteiger partial charge in [-0.1, -0.05) is 24.4 Å². The molecule has 0 fully saturated rings. The Balaban J connectivity index is 2.53. The maximum absolute atomic E-state index is 11.9. The van der Waals surface area contributed by atoms with Gasteiger partial charge in [0.05, 0.1) is 17.2 Å². The fourth-order valence-electron chi connectivity index (χ4n) is 1.50. The molecule has 0 aliphatic heterocycles. The Bertz CT molecular complexity index is 421. The minimum atomic E-state index is -0.137. The smallest absolute Gasteiger partial charge is 0.255 e. The molecule has 1 aromatic carbocycles. The van der Waals surface area contributed by atoms with E-state index in [-0.39, 0.29) is 5.91 Å². The molecule has 0 aromatic heterocycles. The highest BCUT2D eigenvalue weighted by atomic mass is 32.1. The summed E-state index contributed by atoms with van der Waals surface area (Å²) in [6.45, 7) is 2.97. The molecule has 0 spiro atoms. The molecule has 0 radical (unpaired) electrons. The van der Waals surface area contributed by atoms with Crippen LogP contribution < -0.4 is 15.8 Å². The van der Waals surface area contributed by atoms with Crippen molar-refractivity contribution < 1.29 is 9.53 Å². The van der Waals surface area contributed by atoms with Gasteiger partial charge in [-0.05, 0) is 31.9 Å². The molecule has 1 amide bonds. The maximum atomic E-state index is 11.9. The van der Waals surface area contributed by atoms with Gasteiger partial charge in [-0.3, -0.25) is 4.79 Å². The Morgan fingerprint density at radius 1 is 1.44 bits per heavy atom. The normalized spacial score (nSPS) is 9.83. The van der Waals surface area contributed by atoms with Crippen LogP contribution in [0.3, 0.4) is 0 Å². The summed E-state index contributed by atoms with van der Waals surface area (Å²) in [5.74, 6) is 0.467. The topological polar surface area (TPSA) is 64.3 Å². The molecule has 0 bridgehead atoms. The molecule has 0 heterocycles. The highest BCUT2D eigenvalue weighted by molar-refractivity contribution is 7.80. The molecule has 98 valence electrons. The molecular weight excluding hydrogens is 248 g/mol. The standard InChI is InChI=1S/C13H18N2O2S/c1-2-17-11-7-4-3-6-10(11)13(16)15-9-5-8-12(14)18/h3-4,6-7H,2,5,8-9H2,1H3,(H2,14,18)(H,15,16). The number of benzene rings is 1. The second-order valence-corrected chi connectivity index (χ2v) is 4.28. The summed E-state index contributed by atoms with van der Waals surface area (Å²) in [6, 6.07) is 7.18. The number of carbonyl (C=O) groups excluding carboxylic acids is 1. The van der Waals surface area contributed by atoms with Crippen LogP contribution in [0.25, 0.3) is 0 Å². The van der Waals surface area contributed by atoms with Gasteiger partial charge in [-0.2, -0.15) is 0 Å². The van der Waals surface area contributed by atoms with E-state index in [4.69, 9.17) is 22.7 Å². The zero-order chi connectivity index (χ0) is 13.4. The van der Waals surface area contributed by atoms with Gasteiger partial charge in [0.2, 0.25) is 0 Å². The molecule has 1 aromatic rings. The van der Waals surface area contributed by atoms with E-state index >= 15 is 0 Å². The van der Waals surface area contributed by atoms with Crippen molar-refractivity contribution >= 4 is 23.1 Å². The predicted molar refractivity (Wildman–Crippen MR) is 76.0 cm³/mol. The third-order valence-corrected chi connectivity index (χ3v) is 2.52. The summed E-state index contributed by atoms with van der Waals surface area (Å²) in [4.78, 5) is 12.4. The van der Waals surface area contributed by atoms with Crippen LogP contribution in [0, 0.1) is 0 Å². The summed E-state index contributed by atoms with van der Waals surface area (Å²) in [5, 5.41) is 2.82. The second-order valence-electron chi connectivity index (χ2n) is 3.75. The molecule has 3 N–H and O–H groups in total. The number of hydrogen-bond donors (Lipinski definition) is 2. The number of ether oxygens (including phenoxy) is 1. The number of thiocarbonyl (C=S) groups is 1. The van der Waals surface area contributed by atoms with Gasteiger partial charge in [-0.15, -0.1) is 0 Å². The first kappa shape index (κ1) is 14.4. The fourth-order valence-corrected chi connectivity index (χ4v) is 1.64. The van der Waals surface area contributed by atoms with Crippen LogP contribution in [0.4, 0.5) is 0 Å². The van der Waals surface area contributed by atoms with Crippen LogP contribution in [0.2, 0.25) is 0 Å². The minimum Gasteiger partial charge on any atom is -0.493 e. The van der Waals surface area contributed by atoms with Crippen molar-refractivity contribution in [2.45, 2.75) is 19.8 Å². The van der Waals surface area contributed by atoms with Crippen molar-refractivity contribution in [3.63, 3.8) is 0 Å². The summed E-state index contributed by atoms with van der Waals surface area (Å²) in [5.41, 5.74) is 5.93. The van der Waals surface area contributed by atoms with Crippen molar-refractivity contribution in [2.75, 3.05) is 13.2 Å². The van der Waals surface area contributed by atoms with E-state index in [2.05, 4.69) is 5.32 Å². The summed E-state index contributed by atoms with van der Waals surface area (Å²) in [7, 11) is 0. The lowest BCUT2D eigenvalue weighted by atomic mass is 10.2. The van der Waals surface area contributed by atoms with Crippen molar-refractivity contribution in [3.8, 4) is 5.75 Å². The largest absolute Gasteiger partial charge is 0.493 e. The Labute approximate surface area is 113 Å². The summed E-state index contributed by atoms with van der Waals surface area (Å²) >= 11 is 4.77. The zero-order valence-electron chi connectivity index (χ0n) is 10.4. The van der Waals surface area contributed by atoms with Crippen LogP contribution in [0.1, 0.15) is 30.1 Å². The van der Waals surface area contributed by atoms with Crippen molar-refractivity contribution in [2.24, 2.45) is 5.73 Å². The van der Waals surface area contributed by atoms with Gasteiger partial charge in [0.1, 0.15) is 5.75 Å². The van der Waals surface area contributed by atoms with Crippen molar-refractivity contribution in [1.29, 1.82) is 0 Å². The zero-order valence-corrected chi connectivity index (χ0v) is 11.3. The van der Waals surface area contributed by atoms with Crippen molar-refractivity contribution in [1.82, 2.24) is 5.32 Å². The van der Waals surface area contributed by atoms with Gasteiger partial charge < -0.3 is 15.8 Å². The van der Waals surface area contributed by atoms with Crippen molar-refractivity contribution in [3.05, 3.63) is 29.8 Å². The molecule has 1 rings (SSSR count).